The minimum Gasteiger partial charge on any atom is -0.478 e. The number of nitrogens with zero attached hydrogens (tertiary/aromatic N) is 1. The van der Waals surface area contributed by atoms with Crippen LogP contribution in [0.3, 0.4) is 0 Å². The van der Waals surface area contributed by atoms with E-state index in [4.69, 9.17) is 5.11 Å². The van der Waals surface area contributed by atoms with Gasteiger partial charge in [0.05, 0.1) is 11.1 Å². The van der Waals surface area contributed by atoms with Crippen LogP contribution in [0.25, 0.3) is 10.9 Å². The molecule has 15 heavy (non-hydrogen) atoms. The Labute approximate surface area is 86.6 Å². The molecule has 0 aliphatic carbocycles. The molecule has 0 fully saturated rings. The molecule has 2 N–H and O–H groups in total. The van der Waals surface area contributed by atoms with E-state index in [-0.39, 0.29) is 5.56 Å². The average Bonchev–Trinajstić information content (AvgIpc) is 2.27. The zero-order valence-electron chi connectivity index (χ0n) is 8.19. The van der Waals surface area contributed by atoms with Gasteiger partial charge in [0.15, 0.2) is 0 Å². The first-order valence-corrected chi connectivity index (χ1v) is 4.53. The second-order valence-electron chi connectivity index (χ2n) is 3.12. The number of hydrogen-bond donors (Lipinski definition) is 2. The second-order valence-corrected chi connectivity index (χ2v) is 3.12. The summed E-state index contributed by atoms with van der Waals surface area (Å²) < 4.78 is 0. The van der Waals surface area contributed by atoms with Gasteiger partial charge >= 0.3 is 5.97 Å². The molecule has 1 heterocycles. The number of carboxylic acids is 1. The standard InChI is InChI=1S/C11H10N2O2/c1-12-10-6-5-7-8(11(14)15)3-2-4-9(7)13-10/h2-6H,1H3,(H,12,13)(H,14,15). The van der Waals surface area contributed by atoms with Gasteiger partial charge in [-0.05, 0) is 24.3 Å². The highest BCUT2D eigenvalue weighted by molar-refractivity contribution is 6.02. The summed E-state index contributed by atoms with van der Waals surface area (Å²) in [5.74, 6) is -0.204. The van der Waals surface area contributed by atoms with Crippen molar-refractivity contribution in [3.8, 4) is 0 Å². The molecule has 2 rings (SSSR count). The summed E-state index contributed by atoms with van der Waals surface area (Å²) in [7, 11) is 1.77. The topological polar surface area (TPSA) is 62.2 Å². The van der Waals surface area contributed by atoms with Crippen LogP contribution in [0, 0.1) is 0 Å². The molecule has 4 nitrogen and oxygen atoms in total. The third-order valence-electron chi connectivity index (χ3n) is 2.22. The van der Waals surface area contributed by atoms with Crippen LogP contribution in [0.1, 0.15) is 10.4 Å². The van der Waals surface area contributed by atoms with Gasteiger partial charge in [0, 0.05) is 12.4 Å². The van der Waals surface area contributed by atoms with Gasteiger partial charge in [0.25, 0.3) is 0 Å². The number of carboxylic acid groups (broad SMARTS) is 1. The van der Waals surface area contributed by atoms with E-state index >= 15 is 0 Å². The molecule has 0 atom stereocenters. The summed E-state index contributed by atoms with van der Waals surface area (Å²) in [4.78, 5) is 15.2. The fourth-order valence-electron chi connectivity index (χ4n) is 1.48. The first kappa shape index (κ1) is 9.45. The molecule has 0 spiro atoms. The Morgan fingerprint density at radius 2 is 2.13 bits per heavy atom. The number of fused-ring (bicyclic) bond motifs is 1. The van der Waals surface area contributed by atoms with Gasteiger partial charge < -0.3 is 10.4 Å². The monoisotopic (exact) mass is 202 g/mol. The Kier molecular flexibility index (Phi) is 2.25. The lowest BCUT2D eigenvalue weighted by molar-refractivity contribution is 0.0699. The van der Waals surface area contributed by atoms with Gasteiger partial charge in [-0.3, -0.25) is 0 Å². The van der Waals surface area contributed by atoms with E-state index in [0.717, 1.165) is 5.82 Å². The van der Waals surface area contributed by atoms with Gasteiger partial charge in [-0.25, -0.2) is 9.78 Å². The van der Waals surface area contributed by atoms with Crippen LogP contribution in [0.15, 0.2) is 30.3 Å². The molecule has 76 valence electrons. The summed E-state index contributed by atoms with van der Waals surface area (Å²) in [5.41, 5.74) is 0.962. The van der Waals surface area contributed by atoms with E-state index < -0.39 is 5.97 Å². The van der Waals surface area contributed by atoms with Gasteiger partial charge in [-0.2, -0.15) is 0 Å². The highest BCUT2D eigenvalue weighted by Crippen LogP contribution is 2.19. The molecule has 0 unspecified atom stereocenters. The van der Waals surface area contributed by atoms with Crippen molar-refractivity contribution in [3.05, 3.63) is 35.9 Å². The second kappa shape index (κ2) is 3.57. The summed E-state index contributed by atoms with van der Waals surface area (Å²) in [5, 5.41) is 12.5. The van der Waals surface area contributed by atoms with Crippen LogP contribution in [-0.2, 0) is 0 Å². The van der Waals surface area contributed by atoms with Crippen LogP contribution in [0.2, 0.25) is 0 Å². The number of aromatic nitrogens is 1. The summed E-state index contributed by atoms with van der Waals surface area (Å²) >= 11 is 0. The van der Waals surface area contributed by atoms with Gasteiger partial charge in [0.2, 0.25) is 0 Å². The predicted molar refractivity (Wildman–Crippen MR) is 58.2 cm³/mol. The quantitative estimate of drug-likeness (QED) is 0.781. The van der Waals surface area contributed by atoms with Crippen LogP contribution < -0.4 is 5.32 Å². The third-order valence-corrected chi connectivity index (χ3v) is 2.22. The van der Waals surface area contributed by atoms with Crippen molar-refractivity contribution in [2.24, 2.45) is 0 Å². The largest absolute Gasteiger partial charge is 0.478 e. The fourth-order valence-corrected chi connectivity index (χ4v) is 1.48. The summed E-state index contributed by atoms with van der Waals surface area (Å²) in [6.07, 6.45) is 0. The lowest BCUT2D eigenvalue weighted by Gasteiger charge is -2.04. The van der Waals surface area contributed by atoms with E-state index in [1.165, 1.54) is 0 Å². The molecule has 0 bridgehead atoms. The zero-order valence-corrected chi connectivity index (χ0v) is 8.19. The highest BCUT2D eigenvalue weighted by Gasteiger charge is 2.08. The number of carbonyl (C=O) groups is 1. The maximum atomic E-state index is 10.9. The SMILES string of the molecule is CNc1ccc2c(C(=O)O)cccc2n1. The number of hydrogen-bond acceptors (Lipinski definition) is 3. The van der Waals surface area contributed by atoms with Gasteiger partial charge in [0.1, 0.15) is 5.82 Å². The van der Waals surface area contributed by atoms with Crippen LogP contribution in [-0.4, -0.2) is 23.1 Å². The maximum absolute atomic E-state index is 10.9. The molecule has 0 radical (unpaired) electrons. The minimum absolute atomic E-state index is 0.280. The number of rotatable bonds is 2. The molecule has 0 aliphatic heterocycles. The summed E-state index contributed by atoms with van der Waals surface area (Å²) in [6, 6.07) is 8.58. The van der Waals surface area contributed by atoms with Crippen molar-refractivity contribution >= 4 is 22.7 Å². The molecule has 0 aliphatic rings. The Balaban J connectivity index is 2.72. The third kappa shape index (κ3) is 1.61. The summed E-state index contributed by atoms with van der Waals surface area (Å²) in [6.45, 7) is 0. The van der Waals surface area contributed by atoms with Crippen molar-refractivity contribution in [3.63, 3.8) is 0 Å². The predicted octanol–water partition coefficient (Wildman–Crippen LogP) is 1.97. The van der Waals surface area contributed by atoms with E-state index in [0.29, 0.717) is 10.9 Å². The molecule has 4 heteroatoms. The van der Waals surface area contributed by atoms with Crippen molar-refractivity contribution in [2.75, 3.05) is 12.4 Å². The first-order chi connectivity index (χ1) is 7.22. The lowest BCUT2D eigenvalue weighted by atomic mass is 10.1. The van der Waals surface area contributed by atoms with E-state index in [1.807, 2.05) is 0 Å². The normalized spacial score (nSPS) is 10.2. The molecule has 1 aromatic heterocycles. The molecule has 2 aromatic rings. The molecule has 0 amide bonds. The number of benzene rings is 1. The Hall–Kier alpha value is -2.10. The van der Waals surface area contributed by atoms with Crippen molar-refractivity contribution < 1.29 is 9.90 Å². The number of nitrogens with one attached hydrogen (secondary N) is 1. The molecule has 0 saturated carbocycles. The Bertz CT molecular complexity index is 523. The minimum atomic E-state index is -0.931. The first-order valence-electron chi connectivity index (χ1n) is 4.53. The number of aromatic carboxylic acids is 1. The Morgan fingerprint density at radius 1 is 1.33 bits per heavy atom. The molecular weight excluding hydrogens is 192 g/mol. The van der Waals surface area contributed by atoms with E-state index in [9.17, 15) is 4.79 Å². The van der Waals surface area contributed by atoms with Crippen molar-refractivity contribution in [1.82, 2.24) is 4.98 Å². The van der Waals surface area contributed by atoms with Crippen LogP contribution >= 0.6 is 0 Å². The van der Waals surface area contributed by atoms with Crippen LogP contribution in [0.4, 0.5) is 5.82 Å². The lowest BCUT2D eigenvalue weighted by Crippen LogP contribution is -1.99. The molecular formula is C11H10N2O2. The Morgan fingerprint density at radius 3 is 2.80 bits per heavy atom. The maximum Gasteiger partial charge on any atom is 0.336 e. The van der Waals surface area contributed by atoms with Crippen molar-refractivity contribution in [2.45, 2.75) is 0 Å². The van der Waals surface area contributed by atoms with Crippen molar-refractivity contribution in [1.29, 1.82) is 0 Å². The number of pyridine rings is 1. The fraction of sp³-hybridized carbons (Fsp3) is 0.0909. The smallest absolute Gasteiger partial charge is 0.336 e. The number of anilines is 1. The van der Waals surface area contributed by atoms with E-state index in [1.54, 1.807) is 37.4 Å². The van der Waals surface area contributed by atoms with Gasteiger partial charge in [-0.1, -0.05) is 6.07 Å². The van der Waals surface area contributed by atoms with Crippen LogP contribution in [0.5, 0.6) is 0 Å². The molecule has 1 aromatic carbocycles. The average molecular weight is 202 g/mol. The van der Waals surface area contributed by atoms with Gasteiger partial charge in [-0.15, -0.1) is 0 Å². The zero-order chi connectivity index (χ0) is 10.8. The highest BCUT2D eigenvalue weighted by atomic mass is 16.4. The van der Waals surface area contributed by atoms with E-state index in [2.05, 4.69) is 10.3 Å². The molecule has 0 saturated heterocycles.